The van der Waals surface area contributed by atoms with Crippen molar-refractivity contribution in [2.24, 2.45) is 0 Å². The molecule has 0 aliphatic carbocycles. The van der Waals surface area contributed by atoms with E-state index in [1.54, 1.807) is 11.3 Å². The quantitative estimate of drug-likeness (QED) is 0.349. The molecular formula is C25H31N5O2S. The number of thiophene rings is 1. The molecule has 0 bridgehead atoms. The number of H-pyrrole nitrogens is 1. The molecule has 1 aromatic carbocycles. The van der Waals surface area contributed by atoms with E-state index in [0.717, 1.165) is 31.6 Å². The molecule has 7 nitrogen and oxygen atoms in total. The molecule has 1 amide bonds. The largest absolute Gasteiger partial charge is 0.447 e. The molecule has 0 saturated heterocycles. The Morgan fingerprint density at radius 1 is 1.18 bits per heavy atom. The lowest BCUT2D eigenvalue weighted by atomic mass is 10.1. The van der Waals surface area contributed by atoms with Crippen molar-refractivity contribution in [1.82, 2.24) is 25.1 Å². The van der Waals surface area contributed by atoms with E-state index in [2.05, 4.69) is 63.0 Å². The van der Waals surface area contributed by atoms with E-state index in [1.807, 2.05) is 25.1 Å². The normalized spacial score (nSPS) is 11.7. The van der Waals surface area contributed by atoms with Gasteiger partial charge < -0.3 is 19.6 Å². The number of likely N-dealkylation sites (N-methyl/N-ethyl adjacent to an activating group) is 1. The number of carbonyl (C=O) groups is 1. The number of hydrogen-bond acceptors (Lipinski definition) is 6. The predicted octanol–water partition coefficient (Wildman–Crippen LogP) is 4.06. The number of fused-ring (bicyclic) bond motifs is 1. The Hall–Kier alpha value is -2.94. The number of aromatic nitrogens is 2. The highest BCUT2D eigenvalue weighted by Crippen LogP contribution is 2.22. The van der Waals surface area contributed by atoms with Gasteiger partial charge in [-0.3, -0.25) is 9.69 Å². The molecule has 174 valence electrons. The molecule has 4 rings (SSSR count). The number of hydrogen-bond donors (Lipinski definition) is 2. The number of amides is 1. The Balaban J connectivity index is 1.43. The first-order valence-electron chi connectivity index (χ1n) is 11.2. The highest BCUT2D eigenvalue weighted by atomic mass is 32.1. The Labute approximate surface area is 198 Å². The monoisotopic (exact) mass is 465 g/mol. The molecule has 0 saturated carbocycles. The van der Waals surface area contributed by atoms with Crippen molar-refractivity contribution in [3.05, 3.63) is 75.8 Å². The van der Waals surface area contributed by atoms with Crippen LogP contribution in [0.4, 0.5) is 0 Å². The van der Waals surface area contributed by atoms with Crippen molar-refractivity contribution >= 4 is 28.1 Å². The van der Waals surface area contributed by atoms with Crippen molar-refractivity contribution in [2.75, 3.05) is 33.7 Å². The van der Waals surface area contributed by atoms with Crippen molar-refractivity contribution in [3.63, 3.8) is 0 Å². The van der Waals surface area contributed by atoms with E-state index in [1.165, 1.54) is 27.7 Å². The zero-order valence-corrected chi connectivity index (χ0v) is 20.2. The molecule has 3 aromatic heterocycles. The summed E-state index contributed by atoms with van der Waals surface area (Å²) in [6.45, 7) is 5.71. The second-order valence-corrected chi connectivity index (χ2v) is 9.53. The van der Waals surface area contributed by atoms with E-state index in [9.17, 15) is 4.79 Å². The van der Waals surface area contributed by atoms with E-state index < -0.39 is 0 Å². The summed E-state index contributed by atoms with van der Waals surface area (Å²) >= 11 is 1.77. The third-order valence-electron chi connectivity index (χ3n) is 5.70. The van der Waals surface area contributed by atoms with Crippen LogP contribution in [0, 0.1) is 6.92 Å². The van der Waals surface area contributed by atoms with Crippen LogP contribution in [0.5, 0.6) is 0 Å². The molecule has 0 radical (unpaired) electrons. The van der Waals surface area contributed by atoms with E-state index in [-0.39, 0.29) is 5.91 Å². The van der Waals surface area contributed by atoms with Crippen LogP contribution in [0.25, 0.3) is 10.9 Å². The molecule has 4 aromatic rings. The van der Waals surface area contributed by atoms with Crippen molar-refractivity contribution in [2.45, 2.75) is 26.4 Å². The summed E-state index contributed by atoms with van der Waals surface area (Å²) in [6, 6.07) is 10.5. The van der Waals surface area contributed by atoms with Gasteiger partial charge in [0.05, 0.1) is 6.54 Å². The highest BCUT2D eigenvalue weighted by Gasteiger charge is 2.17. The molecule has 0 aliphatic rings. The van der Waals surface area contributed by atoms with Gasteiger partial charge in [-0.15, -0.1) is 11.3 Å². The van der Waals surface area contributed by atoms with Gasteiger partial charge in [-0.2, -0.15) is 0 Å². The molecule has 0 atom stereocenters. The summed E-state index contributed by atoms with van der Waals surface area (Å²) in [6.07, 6.45) is 4.46. The molecule has 0 aliphatic heterocycles. The molecule has 3 heterocycles. The van der Waals surface area contributed by atoms with Crippen LogP contribution in [0.2, 0.25) is 0 Å². The number of oxazole rings is 1. The van der Waals surface area contributed by atoms with Crippen LogP contribution in [-0.4, -0.2) is 59.4 Å². The molecule has 8 heteroatoms. The fraction of sp³-hybridized carbons (Fsp3) is 0.360. The second-order valence-electron chi connectivity index (χ2n) is 8.53. The van der Waals surface area contributed by atoms with Crippen LogP contribution < -0.4 is 5.32 Å². The van der Waals surface area contributed by atoms with Gasteiger partial charge in [0.2, 0.25) is 5.89 Å². The minimum Gasteiger partial charge on any atom is -0.447 e. The first-order chi connectivity index (χ1) is 16.0. The molecule has 0 fully saturated rings. The number of carbonyl (C=O) groups excluding carboxylic acids is 1. The van der Waals surface area contributed by atoms with Gasteiger partial charge in [-0.25, -0.2) is 4.98 Å². The van der Waals surface area contributed by atoms with Gasteiger partial charge in [0.15, 0.2) is 5.69 Å². The molecule has 0 spiro atoms. The number of para-hydroxylation sites is 1. The first kappa shape index (κ1) is 23.2. The number of aromatic amines is 1. The SMILES string of the molecule is Cc1ccsc1CN(CCc1c[nH]c2ccccc12)Cc1nc(C(=O)NCCN(C)C)co1. The smallest absolute Gasteiger partial charge is 0.273 e. The zero-order valence-electron chi connectivity index (χ0n) is 19.4. The Bertz CT molecular complexity index is 1190. The van der Waals surface area contributed by atoms with Crippen LogP contribution >= 0.6 is 11.3 Å². The van der Waals surface area contributed by atoms with Gasteiger partial charge >= 0.3 is 0 Å². The second kappa shape index (κ2) is 10.8. The van der Waals surface area contributed by atoms with Gasteiger partial charge in [0, 0.05) is 48.2 Å². The van der Waals surface area contributed by atoms with Gasteiger partial charge in [-0.1, -0.05) is 18.2 Å². The predicted molar refractivity (Wildman–Crippen MR) is 133 cm³/mol. The van der Waals surface area contributed by atoms with Gasteiger partial charge in [0.1, 0.15) is 6.26 Å². The lowest BCUT2D eigenvalue weighted by Crippen LogP contribution is -2.31. The molecule has 33 heavy (non-hydrogen) atoms. The summed E-state index contributed by atoms with van der Waals surface area (Å²) < 4.78 is 5.67. The third kappa shape index (κ3) is 6.10. The number of nitrogens with zero attached hydrogens (tertiary/aromatic N) is 3. The zero-order chi connectivity index (χ0) is 23.2. The molecular weight excluding hydrogens is 434 g/mol. The maximum absolute atomic E-state index is 12.4. The first-order valence-corrected chi connectivity index (χ1v) is 12.0. The molecule has 0 unspecified atom stereocenters. The van der Waals surface area contributed by atoms with Crippen LogP contribution in [0.15, 0.2) is 52.6 Å². The lowest BCUT2D eigenvalue weighted by Gasteiger charge is -2.20. The fourth-order valence-electron chi connectivity index (χ4n) is 3.76. The summed E-state index contributed by atoms with van der Waals surface area (Å²) in [5, 5.41) is 6.27. The number of benzene rings is 1. The standard InChI is InChI=1S/C25H31N5O2S/c1-18-9-13-33-23(18)15-30(11-8-19-14-27-21-7-5-4-6-20(19)21)16-24-28-22(17-32-24)25(31)26-10-12-29(2)3/h4-7,9,13-14,17,27H,8,10-12,15-16H2,1-3H3,(H,26,31). The van der Waals surface area contributed by atoms with E-state index in [4.69, 9.17) is 4.42 Å². The summed E-state index contributed by atoms with van der Waals surface area (Å²) in [7, 11) is 3.95. The van der Waals surface area contributed by atoms with Crippen molar-refractivity contribution in [3.8, 4) is 0 Å². The summed E-state index contributed by atoms with van der Waals surface area (Å²) in [4.78, 5) is 25.9. The Kier molecular flexibility index (Phi) is 7.59. The average molecular weight is 466 g/mol. The lowest BCUT2D eigenvalue weighted by molar-refractivity contribution is 0.0946. The molecule has 2 N–H and O–H groups in total. The number of rotatable bonds is 11. The average Bonchev–Trinajstić information content (AvgIpc) is 3.52. The Morgan fingerprint density at radius 2 is 2.03 bits per heavy atom. The minimum absolute atomic E-state index is 0.203. The van der Waals surface area contributed by atoms with Crippen LogP contribution in [0.3, 0.4) is 0 Å². The van der Waals surface area contributed by atoms with Crippen molar-refractivity contribution < 1.29 is 9.21 Å². The van der Waals surface area contributed by atoms with Crippen LogP contribution in [0.1, 0.15) is 32.4 Å². The summed E-state index contributed by atoms with van der Waals surface area (Å²) in [5.41, 5.74) is 4.08. The third-order valence-corrected chi connectivity index (χ3v) is 6.70. The minimum atomic E-state index is -0.203. The van der Waals surface area contributed by atoms with E-state index in [0.29, 0.717) is 24.7 Å². The number of aryl methyl sites for hydroxylation is 1. The topological polar surface area (TPSA) is 77.4 Å². The Morgan fingerprint density at radius 3 is 2.82 bits per heavy atom. The maximum atomic E-state index is 12.4. The number of nitrogens with one attached hydrogen (secondary N) is 2. The maximum Gasteiger partial charge on any atom is 0.273 e. The van der Waals surface area contributed by atoms with E-state index >= 15 is 0 Å². The van der Waals surface area contributed by atoms with Crippen LogP contribution in [-0.2, 0) is 19.5 Å². The van der Waals surface area contributed by atoms with Gasteiger partial charge in [-0.05, 0) is 56.1 Å². The van der Waals surface area contributed by atoms with Crippen molar-refractivity contribution in [1.29, 1.82) is 0 Å². The summed E-state index contributed by atoms with van der Waals surface area (Å²) in [5.74, 6) is 0.354. The van der Waals surface area contributed by atoms with Gasteiger partial charge in [0.25, 0.3) is 5.91 Å². The fourth-order valence-corrected chi connectivity index (χ4v) is 4.71. The highest BCUT2D eigenvalue weighted by molar-refractivity contribution is 7.10.